The van der Waals surface area contributed by atoms with Crippen LogP contribution in [0.25, 0.3) is 10.9 Å². The monoisotopic (exact) mass is 280 g/mol. The van der Waals surface area contributed by atoms with Crippen molar-refractivity contribution in [1.29, 1.82) is 0 Å². The molecular formula is C11H9F5N2O. The zero-order chi connectivity index (χ0) is 14.2. The number of halogens is 5. The smallest absolute Gasteiger partial charge is 0.382 e. The Hall–Kier alpha value is -1.70. The summed E-state index contributed by atoms with van der Waals surface area (Å²) in [6, 6.07) is 3.67. The minimum atomic E-state index is -4.46. The zero-order valence-electron chi connectivity index (χ0n) is 9.40. The van der Waals surface area contributed by atoms with Crippen LogP contribution in [0, 0.1) is 0 Å². The summed E-state index contributed by atoms with van der Waals surface area (Å²) in [5.74, 6) is 0. The molecule has 1 atom stereocenters. The van der Waals surface area contributed by atoms with E-state index in [0.29, 0.717) is 10.1 Å². The maximum atomic E-state index is 12.4. The van der Waals surface area contributed by atoms with Gasteiger partial charge in [0, 0.05) is 5.39 Å². The molecule has 0 radical (unpaired) electrons. The lowest BCUT2D eigenvalue weighted by molar-refractivity contribution is -0.141. The molecule has 1 heterocycles. The molecule has 2 aromatic rings. The average Bonchev–Trinajstić information content (AvgIpc) is 2.68. The Balaban J connectivity index is 2.43. The Kier molecular flexibility index (Phi) is 3.44. The predicted octanol–water partition coefficient (Wildman–Crippen LogP) is 2.90. The summed E-state index contributed by atoms with van der Waals surface area (Å²) in [6.07, 6.45) is -8.29. The van der Waals surface area contributed by atoms with Crippen molar-refractivity contribution in [2.75, 3.05) is 0 Å². The standard InChI is InChI=1S/C11H9F5N2O/c12-10(13)9(19)6-1-2-7-4-17-18(8(7)3-6)5-11(14,15)16/h1-4,9-10,19H,5H2/t9-/m0/s1. The number of nitrogens with zero attached hydrogens (tertiary/aromatic N) is 2. The van der Waals surface area contributed by atoms with E-state index < -0.39 is 25.3 Å². The van der Waals surface area contributed by atoms with Gasteiger partial charge < -0.3 is 5.11 Å². The minimum absolute atomic E-state index is 0.0505. The Morgan fingerprint density at radius 3 is 2.53 bits per heavy atom. The average molecular weight is 280 g/mol. The second kappa shape index (κ2) is 4.76. The lowest BCUT2D eigenvalue weighted by atomic mass is 10.1. The van der Waals surface area contributed by atoms with Crippen molar-refractivity contribution in [1.82, 2.24) is 9.78 Å². The summed E-state index contributed by atoms with van der Waals surface area (Å²) in [5, 5.41) is 13.2. The van der Waals surface area contributed by atoms with Gasteiger partial charge in [-0.2, -0.15) is 18.3 Å². The maximum absolute atomic E-state index is 12.4. The Morgan fingerprint density at radius 2 is 1.95 bits per heavy atom. The maximum Gasteiger partial charge on any atom is 0.408 e. The molecule has 0 amide bonds. The van der Waals surface area contributed by atoms with Gasteiger partial charge in [-0.25, -0.2) is 8.78 Å². The van der Waals surface area contributed by atoms with Crippen molar-refractivity contribution >= 4 is 10.9 Å². The summed E-state index contributed by atoms with van der Waals surface area (Å²) < 4.78 is 62.3. The number of aromatic nitrogens is 2. The molecule has 2 rings (SSSR count). The summed E-state index contributed by atoms with van der Waals surface area (Å²) >= 11 is 0. The highest BCUT2D eigenvalue weighted by molar-refractivity contribution is 5.79. The number of benzene rings is 1. The van der Waals surface area contributed by atoms with Crippen molar-refractivity contribution in [2.45, 2.75) is 25.3 Å². The summed E-state index contributed by atoms with van der Waals surface area (Å²) in [7, 11) is 0. The largest absolute Gasteiger partial charge is 0.408 e. The molecule has 0 saturated heterocycles. The normalized spacial score (nSPS) is 14.3. The quantitative estimate of drug-likeness (QED) is 0.878. The SMILES string of the molecule is O[C@@H](c1ccc2cnn(CC(F)(F)F)c2c1)C(F)F. The molecule has 0 saturated carbocycles. The van der Waals surface area contributed by atoms with Crippen molar-refractivity contribution in [3.05, 3.63) is 30.0 Å². The van der Waals surface area contributed by atoms with Crippen LogP contribution in [0.1, 0.15) is 11.7 Å². The fraction of sp³-hybridized carbons (Fsp3) is 0.364. The van der Waals surface area contributed by atoms with E-state index in [-0.39, 0.29) is 11.1 Å². The van der Waals surface area contributed by atoms with E-state index in [9.17, 15) is 27.1 Å². The van der Waals surface area contributed by atoms with Gasteiger partial charge in [0.15, 0.2) is 0 Å². The van der Waals surface area contributed by atoms with Gasteiger partial charge in [0.2, 0.25) is 0 Å². The molecule has 3 nitrogen and oxygen atoms in total. The van der Waals surface area contributed by atoms with Crippen LogP contribution >= 0.6 is 0 Å². The fourth-order valence-corrected chi connectivity index (χ4v) is 1.71. The lowest BCUT2D eigenvalue weighted by Crippen LogP contribution is -2.18. The van der Waals surface area contributed by atoms with Crippen molar-refractivity contribution in [2.24, 2.45) is 0 Å². The summed E-state index contributed by atoms with van der Waals surface area (Å²) in [4.78, 5) is 0. The second-order valence-corrected chi connectivity index (χ2v) is 4.01. The second-order valence-electron chi connectivity index (χ2n) is 4.01. The molecule has 0 bridgehead atoms. The molecule has 1 N–H and O–H groups in total. The highest BCUT2D eigenvalue weighted by Gasteiger charge is 2.29. The van der Waals surface area contributed by atoms with Gasteiger partial charge >= 0.3 is 6.18 Å². The molecule has 0 fully saturated rings. The van der Waals surface area contributed by atoms with Crippen LogP contribution in [0.3, 0.4) is 0 Å². The van der Waals surface area contributed by atoms with Crippen LogP contribution in [0.2, 0.25) is 0 Å². The third-order valence-corrected chi connectivity index (χ3v) is 2.58. The minimum Gasteiger partial charge on any atom is -0.382 e. The lowest BCUT2D eigenvalue weighted by Gasteiger charge is -2.11. The number of hydrogen-bond acceptors (Lipinski definition) is 2. The van der Waals surface area contributed by atoms with Crippen molar-refractivity contribution in [3.63, 3.8) is 0 Å². The van der Waals surface area contributed by atoms with Crippen LogP contribution in [0.15, 0.2) is 24.4 Å². The number of alkyl halides is 5. The third kappa shape index (κ3) is 3.01. The van der Waals surface area contributed by atoms with Gasteiger partial charge in [-0.15, -0.1) is 0 Å². The molecule has 8 heteroatoms. The summed E-state index contributed by atoms with van der Waals surface area (Å²) in [6.45, 7) is -1.31. The first-order valence-electron chi connectivity index (χ1n) is 5.26. The predicted molar refractivity (Wildman–Crippen MR) is 56.8 cm³/mol. The number of fused-ring (bicyclic) bond motifs is 1. The van der Waals surface area contributed by atoms with Gasteiger partial charge in [-0.1, -0.05) is 12.1 Å². The van der Waals surface area contributed by atoms with Crippen LogP contribution in [0.4, 0.5) is 22.0 Å². The van der Waals surface area contributed by atoms with E-state index in [0.717, 1.165) is 6.07 Å². The first-order chi connectivity index (χ1) is 8.78. The molecule has 0 aliphatic rings. The van der Waals surface area contributed by atoms with E-state index in [4.69, 9.17) is 0 Å². The topological polar surface area (TPSA) is 38.1 Å². The highest BCUT2D eigenvalue weighted by Crippen LogP contribution is 2.26. The van der Waals surface area contributed by atoms with Crippen LogP contribution < -0.4 is 0 Å². The molecule has 1 aromatic heterocycles. The van der Waals surface area contributed by atoms with Gasteiger partial charge in [-0.3, -0.25) is 4.68 Å². The highest BCUT2D eigenvalue weighted by atomic mass is 19.4. The van der Waals surface area contributed by atoms with Gasteiger partial charge in [0.1, 0.15) is 12.6 Å². The van der Waals surface area contributed by atoms with Crippen LogP contribution in [-0.4, -0.2) is 27.5 Å². The van der Waals surface area contributed by atoms with E-state index in [1.54, 1.807) is 0 Å². The number of aliphatic hydroxyl groups excluding tert-OH is 1. The third-order valence-electron chi connectivity index (χ3n) is 2.58. The Morgan fingerprint density at radius 1 is 1.26 bits per heavy atom. The molecule has 1 aromatic carbocycles. The summed E-state index contributed by atoms with van der Waals surface area (Å²) in [5.41, 5.74) is -0.0963. The molecule has 0 aliphatic carbocycles. The molecular weight excluding hydrogens is 271 g/mol. The first kappa shape index (κ1) is 13.7. The van der Waals surface area contributed by atoms with E-state index >= 15 is 0 Å². The van der Waals surface area contributed by atoms with Gasteiger partial charge in [-0.05, 0) is 11.6 Å². The fourth-order valence-electron chi connectivity index (χ4n) is 1.71. The molecule has 0 spiro atoms. The number of aliphatic hydroxyl groups is 1. The van der Waals surface area contributed by atoms with Crippen LogP contribution in [0.5, 0.6) is 0 Å². The molecule has 19 heavy (non-hydrogen) atoms. The Labute approximate surface area is 104 Å². The van der Waals surface area contributed by atoms with Crippen molar-refractivity contribution in [3.8, 4) is 0 Å². The van der Waals surface area contributed by atoms with Gasteiger partial charge in [0.05, 0.1) is 11.7 Å². The van der Waals surface area contributed by atoms with E-state index in [1.165, 1.54) is 18.3 Å². The molecule has 0 unspecified atom stereocenters. The zero-order valence-corrected chi connectivity index (χ0v) is 9.40. The van der Waals surface area contributed by atoms with Gasteiger partial charge in [0.25, 0.3) is 6.43 Å². The Bertz CT molecular complexity index is 578. The van der Waals surface area contributed by atoms with E-state index in [1.807, 2.05) is 0 Å². The first-order valence-corrected chi connectivity index (χ1v) is 5.26. The van der Waals surface area contributed by atoms with Crippen molar-refractivity contribution < 1.29 is 27.1 Å². The van der Waals surface area contributed by atoms with E-state index in [2.05, 4.69) is 5.10 Å². The molecule has 0 aliphatic heterocycles. The number of hydrogen-bond donors (Lipinski definition) is 1. The number of rotatable bonds is 3. The van der Waals surface area contributed by atoms with Crippen LogP contribution in [-0.2, 0) is 6.54 Å². The molecule has 104 valence electrons.